The van der Waals surface area contributed by atoms with Crippen LogP contribution in [0.4, 0.5) is 4.39 Å². The third kappa shape index (κ3) is 4.91. The van der Waals surface area contributed by atoms with Gasteiger partial charge in [-0.05, 0) is 30.5 Å². The lowest BCUT2D eigenvalue weighted by atomic mass is 10.1. The molecule has 0 spiro atoms. The molecule has 7 heteroatoms. The Morgan fingerprint density at radius 2 is 2.00 bits per heavy atom. The Labute approximate surface area is 123 Å². The smallest absolute Gasteiger partial charge is 0.207 e. The molecule has 0 fully saturated rings. The molecule has 0 aromatic heterocycles. The highest BCUT2D eigenvalue weighted by Crippen LogP contribution is 2.23. The van der Waals surface area contributed by atoms with Gasteiger partial charge in [-0.3, -0.25) is 0 Å². The van der Waals surface area contributed by atoms with Crippen LogP contribution in [-0.4, -0.2) is 20.3 Å². The van der Waals surface area contributed by atoms with Gasteiger partial charge in [0.05, 0.1) is 5.02 Å². The van der Waals surface area contributed by atoms with Crippen molar-refractivity contribution in [2.45, 2.75) is 31.2 Å². The maximum Gasteiger partial charge on any atom is 0.242 e. The van der Waals surface area contributed by atoms with Gasteiger partial charge in [-0.1, -0.05) is 25.4 Å². The van der Waals surface area contributed by atoms with Gasteiger partial charge < -0.3 is 0 Å². The van der Waals surface area contributed by atoms with E-state index in [-0.39, 0.29) is 21.7 Å². The SMILES string of the molecule is CC(C)CC(CCl)NS(=O)(=O)c1cc(F)ccc1Cl. The molecule has 0 saturated heterocycles. The molecule has 3 nitrogen and oxygen atoms in total. The molecule has 108 valence electrons. The van der Waals surface area contributed by atoms with E-state index in [1.165, 1.54) is 6.07 Å². The zero-order valence-corrected chi connectivity index (χ0v) is 13.0. The van der Waals surface area contributed by atoms with Crippen molar-refractivity contribution in [3.8, 4) is 0 Å². The molecule has 0 aliphatic carbocycles. The minimum absolute atomic E-state index is 0.0215. The summed E-state index contributed by atoms with van der Waals surface area (Å²) in [5.41, 5.74) is 0. The first kappa shape index (κ1) is 16.7. The average Bonchev–Trinajstić information content (AvgIpc) is 2.30. The van der Waals surface area contributed by atoms with Crippen LogP contribution in [0.3, 0.4) is 0 Å². The predicted molar refractivity (Wildman–Crippen MR) is 75.7 cm³/mol. The van der Waals surface area contributed by atoms with E-state index in [4.69, 9.17) is 23.2 Å². The van der Waals surface area contributed by atoms with Gasteiger partial charge in [0, 0.05) is 11.9 Å². The molecule has 0 aliphatic heterocycles. The summed E-state index contributed by atoms with van der Waals surface area (Å²) in [7, 11) is -3.88. The first-order valence-electron chi connectivity index (χ1n) is 5.79. The quantitative estimate of drug-likeness (QED) is 0.814. The maximum atomic E-state index is 13.1. The Bertz CT molecular complexity index is 535. The minimum Gasteiger partial charge on any atom is -0.207 e. The largest absolute Gasteiger partial charge is 0.242 e. The second-order valence-electron chi connectivity index (χ2n) is 4.68. The normalized spacial score (nSPS) is 13.8. The van der Waals surface area contributed by atoms with Crippen LogP contribution >= 0.6 is 23.2 Å². The molecule has 0 bridgehead atoms. The Hall–Kier alpha value is -0.360. The number of hydrogen-bond donors (Lipinski definition) is 1. The highest BCUT2D eigenvalue weighted by Gasteiger charge is 2.23. The molecule has 1 N–H and O–H groups in total. The molecule has 1 unspecified atom stereocenters. The molecule has 0 amide bonds. The second kappa shape index (κ2) is 6.88. The lowest BCUT2D eigenvalue weighted by molar-refractivity contribution is 0.485. The van der Waals surface area contributed by atoms with Crippen LogP contribution in [-0.2, 0) is 10.0 Å². The van der Waals surface area contributed by atoms with Crippen LogP contribution in [0.25, 0.3) is 0 Å². The molecular weight excluding hydrogens is 312 g/mol. The van der Waals surface area contributed by atoms with E-state index in [9.17, 15) is 12.8 Å². The Morgan fingerprint density at radius 1 is 1.37 bits per heavy atom. The van der Waals surface area contributed by atoms with Gasteiger partial charge in [-0.25, -0.2) is 17.5 Å². The van der Waals surface area contributed by atoms with Gasteiger partial charge in [0.15, 0.2) is 0 Å². The van der Waals surface area contributed by atoms with E-state index in [1.54, 1.807) is 0 Å². The summed E-state index contributed by atoms with van der Waals surface area (Å²) in [6, 6.07) is 2.80. The van der Waals surface area contributed by atoms with E-state index in [2.05, 4.69) is 4.72 Å². The van der Waals surface area contributed by atoms with Gasteiger partial charge in [0.2, 0.25) is 10.0 Å². The van der Waals surface area contributed by atoms with E-state index in [0.717, 1.165) is 12.1 Å². The topological polar surface area (TPSA) is 46.2 Å². The van der Waals surface area contributed by atoms with Crippen molar-refractivity contribution in [2.75, 3.05) is 5.88 Å². The van der Waals surface area contributed by atoms with Crippen LogP contribution in [0.1, 0.15) is 20.3 Å². The molecule has 0 radical (unpaired) electrons. The summed E-state index contributed by atoms with van der Waals surface area (Å²) in [5.74, 6) is -0.227. The summed E-state index contributed by atoms with van der Waals surface area (Å²) in [6.07, 6.45) is 0.593. The van der Waals surface area contributed by atoms with Crippen molar-refractivity contribution >= 4 is 33.2 Å². The fraction of sp³-hybridized carbons (Fsp3) is 0.500. The number of sulfonamides is 1. The standard InChI is InChI=1S/C12H16Cl2FNO2S/c1-8(2)5-10(7-13)16-19(17,18)12-6-9(15)3-4-11(12)14/h3-4,6,8,10,16H,5,7H2,1-2H3. The number of nitrogens with one attached hydrogen (secondary N) is 1. The first-order chi connectivity index (χ1) is 8.76. The lowest BCUT2D eigenvalue weighted by Crippen LogP contribution is -2.37. The van der Waals surface area contributed by atoms with E-state index in [0.29, 0.717) is 6.42 Å². The van der Waals surface area contributed by atoms with Crippen LogP contribution in [0.5, 0.6) is 0 Å². The Kier molecular flexibility index (Phi) is 6.05. The van der Waals surface area contributed by atoms with Gasteiger partial charge in [0.25, 0.3) is 0 Å². The molecule has 0 saturated carbocycles. The highest BCUT2D eigenvalue weighted by molar-refractivity contribution is 7.89. The fourth-order valence-corrected chi connectivity index (χ4v) is 3.73. The van der Waals surface area contributed by atoms with Crippen LogP contribution in [0.15, 0.2) is 23.1 Å². The predicted octanol–water partition coefficient (Wildman–Crippen LogP) is 3.41. The Morgan fingerprint density at radius 3 is 2.53 bits per heavy atom. The molecule has 1 aromatic rings. The molecule has 0 aliphatic rings. The van der Waals surface area contributed by atoms with Gasteiger partial charge in [-0.15, -0.1) is 11.6 Å². The van der Waals surface area contributed by atoms with Gasteiger partial charge >= 0.3 is 0 Å². The number of alkyl halides is 1. The van der Waals surface area contributed by atoms with Gasteiger partial charge in [0.1, 0.15) is 10.7 Å². The zero-order valence-electron chi connectivity index (χ0n) is 10.7. The molecular formula is C12H16Cl2FNO2S. The number of halogens is 3. The highest BCUT2D eigenvalue weighted by atomic mass is 35.5. The second-order valence-corrected chi connectivity index (χ2v) is 7.08. The van der Waals surface area contributed by atoms with Crippen molar-refractivity contribution in [2.24, 2.45) is 5.92 Å². The van der Waals surface area contributed by atoms with Crippen molar-refractivity contribution in [3.63, 3.8) is 0 Å². The van der Waals surface area contributed by atoms with Crippen molar-refractivity contribution in [3.05, 3.63) is 29.0 Å². The molecule has 1 atom stereocenters. The van der Waals surface area contributed by atoms with Crippen molar-refractivity contribution in [1.29, 1.82) is 0 Å². The van der Waals surface area contributed by atoms with E-state index < -0.39 is 21.9 Å². The fourth-order valence-electron chi connectivity index (χ4n) is 1.68. The van der Waals surface area contributed by atoms with E-state index in [1.807, 2.05) is 13.8 Å². The maximum absolute atomic E-state index is 13.1. The summed E-state index contributed by atoms with van der Waals surface area (Å²) in [5, 5.41) is -0.0215. The number of hydrogen-bond acceptors (Lipinski definition) is 2. The van der Waals surface area contributed by atoms with E-state index >= 15 is 0 Å². The average molecular weight is 328 g/mol. The third-order valence-electron chi connectivity index (χ3n) is 2.45. The molecule has 19 heavy (non-hydrogen) atoms. The summed E-state index contributed by atoms with van der Waals surface area (Å²) < 4.78 is 39.8. The summed E-state index contributed by atoms with van der Waals surface area (Å²) in [6.45, 7) is 3.92. The molecule has 1 rings (SSSR count). The summed E-state index contributed by atoms with van der Waals surface area (Å²) in [4.78, 5) is -0.270. The number of rotatable bonds is 6. The first-order valence-corrected chi connectivity index (χ1v) is 8.19. The lowest BCUT2D eigenvalue weighted by Gasteiger charge is -2.18. The number of benzene rings is 1. The molecule has 0 heterocycles. The van der Waals surface area contributed by atoms with Crippen molar-refractivity contribution in [1.82, 2.24) is 4.72 Å². The van der Waals surface area contributed by atoms with Gasteiger partial charge in [-0.2, -0.15) is 0 Å². The van der Waals surface area contributed by atoms with Crippen LogP contribution in [0.2, 0.25) is 5.02 Å². The molecule has 1 aromatic carbocycles. The van der Waals surface area contributed by atoms with Crippen LogP contribution in [0, 0.1) is 11.7 Å². The third-order valence-corrected chi connectivity index (χ3v) is 4.82. The van der Waals surface area contributed by atoms with Crippen LogP contribution < -0.4 is 4.72 Å². The summed E-state index contributed by atoms with van der Waals surface area (Å²) >= 11 is 11.5. The zero-order chi connectivity index (χ0) is 14.6. The Balaban J connectivity index is 3.00. The van der Waals surface area contributed by atoms with Crippen molar-refractivity contribution < 1.29 is 12.8 Å². The minimum atomic E-state index is -3.88. The monoisotopic (exact) mass is 327 g/mol.